The number of hydrogen-bond acceptors (Lipinski definition) is 6. The van der Waals surface area contributed by atoms with Crippen molar-refractivity contribution in [3.8, 4) is 0 Å². The van der Waals surface area contributed by atoms with E-state index in [2.05, 4.69) is 27.1 Å². The maximum absolute atomic E-state index is 11.6. The highest BCUT2D eigenvalue weighted by Crippen LogP contribution is 2.24. The molecule has 1 aromatic rings. The molecule has 0 radical (unpaired) electrons. The van der Waals surface area contributed by atoms with Crippen molar-refractivity contribution in [1.29, 1.82) is 0 Å². The van der Waals surface area contributed by atoms with Gasteiger partial charge in [-0.15, -0.1) is 0 Å². The number of sulfone groups is 1. The Morgan fingerprint density at radius 3 is 2.52 bits per heavy atom. The van der Waals surface area contributed by atoms with Gasteiger partial charge in [-0.3, -0.25) is 0 Å². The first-order chi connectivity index (χ1) is 12.0. The number of aryl methyl sites for hydroxylation is 2. The maximum Gasteiger partial charge on any atom is 0.150 e. The topological polar surface area (TPSA) is 75.2 Å². The Kier molecular flexibility index (Phi) is 5.94. The van der Waals surface area contributed by atoms with Crippen LogP contribution in [-0.2, 0) is 16.3 Å². The number of rotatable bonds is 5. The predicted octanol–water partition coefficient (Wildman–Crippen LogP) is 2.19. The van der Waals surface area contributed by atoms with E-state index in [0.717, 1.165) is 63.3 Å². The molecule has 140 valence electrons. The molecule has 2 aliphatic rings. The SMILES string of the molecule is CCCc1cnc(C)nc1NC1CCN(C2CCS(=O)(=O)CC2)CC1. The van der Waals surface area contributed by atoms with E-state index in [0.29, 0.717) is 23.6 Å². The molecular formula is C18H30N4O2S. The minimum absolute atomic E-state index is 0.358. The van der Waals surface area contributed by atoms with Crippen LogP contribution in [0.3, 0.4) is 0 Å². The van der Waals surface area contributed by atoms with E-state index in [-0.39, 0.29) is 0 Å². The maximum atomic E-state index is 11.6. The second kappa shape index (κ2) is 7.99. The van der Waals surface area contributed by atoms with Crippen molar-refractivity contribution < 1.29 is 8.42 Å². The van der Waals surface area contributed by atoms with Crippen molar-refractivity contribution in [1.82, 2.24) is 14.9 Å². The molecule has 0 spiro atoms. The number of anilines is 1. The Morgan fingerprint density at radius 1 is 1.20 bits per heavy atom. The molecule has 2 saturated heterocycles. The van der Waals surface area contributed by atoms with Crippen molar-refractivity contribution >= 4 is 15.7 Å². The third-order valence-electron chi connectivity index (χ3n) is 5.42. The Balaban J connectivity index is 1.54. The van der Waals surface area contributed by atoms with Crippen LogP contribution in [0.15, 0.2) is 6.20 Å². The molecule has 6 nitrogen and oxygen atoms in total. The lowest BCUT2D eigenvalue weighted by Gasteiger charge is -2.39. The smallest absolute Gasteiger partial charge is 0.150 e. The monoisotopic (exact) mass is 366 g/mol. The highest BCUT2D eigenvalue weighted by molar-refractivity contribution is 7.91. The minimum atomic E-state index is -2.77. The Bertz CT molecular complexity index is 670. The van der Waals surface area contributed by atoms with Crippen LogP contribution in [0.1, 0.15) is 50.4 Å². The van der Waals surface area contributed by atoms with Crippen LogP contribution in [-0.4, -0.2) is 60.0 Å². The Morgan fingerprint density at radius 2 is 1.88 bits per heavy atom. The average Bonchev–Trinajstić information content (AvgIpc) is 2.58. The van der Waals surface area contributed by atoms with Crippen molar-refractivity contribution in [3.63, 3.8) is 0 Å². The van der Waals surface area contributed by atoms with E-state index in [9.17, 15) is 8.42 Å². The molecule has 0 saturated carbocycles. The lowest BCUT2D eigenvalue weighted by Crippen LogP contribution is -2.47. The third-order valence-corrected chi connectivity index (χ3v) is 7.13. The molecule has 3 heterocycles. The minimum Gasteiger partial charge on any atom is -0.367 e. The zero-order chi connectivity index (χ0) is 17.9. The normalized spacial score (nSPS) is 22.8. The summed E-state index contributed by atoms with van der Waals surface area (Å²) in [5, 5.41) is 3.64. The quantitative estimate of drug-likeness (QED) is 0.861. The van der Waals surface area contributed by atoms with E-state index >= 15 is 0 Å². The number of nitrogens with zero attached hydrogens (tertiary/aromatic N) is 3. The molecule has 0 atom stereocenters. The van der Waals surface area contributed by atoms with Gasteiger partial charge in [-0.05, 0) is 39.0 Å². The van der Waals surface area contributed by atoms with E-state index < -0.39 is 9.84 Å². The molecule has 1 aromatic heterocycles. The van der Waals surface area contributed by atoms with Crippen molar-refractivity contribution in [2.24, 2.45) is 0 Å². The summed E-state index contributed by atoms with van der Waals surface area (Å²) in [4.78, 5) is 11.4. The van der Waals surface area contributed by atoms with Gasteiger partial charge in [0, 0.05) is 36.9 Å². The summed E-state index contributed by atoms with van der Waals surface area (Å²) < 4.78 is 23.2. The van der Waals surface area contributed by atoms with E-state index in [1.807, 2.05) is 13.1 Å². The van der Waals surface area contributed by atoms with Gasteiger partial charge in [-0.1, -0.05) is 13.3 Å². The Labute approximate surface area is 151 Å². The number of likely N-dealkylation sites (tertiary alicyclic amines) is 1. The van der Waals surface area contributed by atoms with Crippen LogP contribution in [0.2, 0.25) is 0 Å². The molecule has 1 N–H and O–H groups in total. The summed E-state index contributed by atoms with van der Waals surface area (Å²) in [6.45, 7) is 6.18. The third kappa shape index (κ3) is 4.91. The number of nitrogens with one attached hydrogen (secondary N) is 1. The average molecular weight is 367 g/mol. The van der Waals surface area contributed by atoms with Crippen LogP contribution < -0.4 is 5.32 Å². The second-order valence-electron chi connectivity index (χ2n) is 7.38. The predicted molar refractivity (Wildman–Crippen MR) is 101 cm³/mol. The fourth-order valence-electron chi connectivity index (χ4n) is 3.92. The summed E-state index contributed by atoms with van der Waals surface area (Å²) in [6.07, 6.45) is 7.79. The summed E-state index contributed by atoms with van der Waals surface area (Å²) in [5.41, 5.74) is 1.20. The second-order valence-corrected chi connectivity index (χ2v) is 9.68. The molecule has 0 aliphatic carbocycles. The molecule has 0 unspecified atom stereocenters. The lowest BCUT2D eigenvalue weighted by molar-refractivity contribution is 0.147. The van der Waals surface area contributed by atoms with Crippen molar-refractivity contribution in [2.75, 3.05) is 29.9 Å². The van der Waals surface area contributed by atoms with E-state index in [1.54, 1.807) is 0 Å². The van der Waals surface area contributed by atoms with Gasteiger partial charge in [0.2, 0.25) is 0 Å². The molecule has 0 bridgehead atoms. The fraction of sp³-hybridized carbons (Fsp3) is 0.778. The van der Waals surface area contributed by atoms with Crippen LogP contribution >= 0.6 is 0 Å². The highest BCUT2D eigenvalue weighted by atomic mass is 32.2. The fourth-order valence-corrected chi connectivity index (χ4v) is 5.38. The molecule has 25 heavy (non-hydrogen) atoms. The van der Waals surface area contributed by atoms with Gasteiger partial charge in [0.05, 0.1) is 11.5 Å². The van der Waals surface area contributed by atoms with Crippen molar-refractivity contribution in [2.45, 2.75) is 64.5 Å². The Hall–Kier alpha value is -1.21. The zero-order valence-electron chi connectivity index (χ0n) is 15.4. The highest BCUT2D eigenvalue weighted by Gasteiger charge is 2.30. The van der Waals surface area contributed by atoms with Crippen LogP contribution in [0, 0.1) is 6.92 Å². The van der Waals surface area contributed by atoms with Crippen LogP contribution in [0.5, 0.6) is 0 Å². The van der Waals surface area contributed by atoms with Crippen molar-refractivity contribution in [3.05, 3.63) is 17.6 Å². The summed E-state index contributed by atoms with van der Waals surface area (Å²) in [7, 11) is -2.77. The summed E-state index contributed by atoms with van der Waals surface area (Å²) in [5.74, 6) is 2.52. The van der Waals surface area contributed by atoms with Gasteiger partial charge >= 0.3 is 0 Å². The van der Waals surface area contributed by atoms with Gasteiger partial charge in [-0.2, -0.15) is 0 Å². The first-order valence-corrected chi connectivity index (χ1v) is 11.3. The largest absolute Gasteiger partial charge is 0.367 e. The number of aromatic nitrogens is 2. The molecule has 7 heteroatoms. The van der Waals surface area contributed by atoms with E-state index in [1.165, 1.54) is 5.56 Å². The number of piperidine rings is 1. The molecule has 2 aliphatic heterocycles. The standard InChI is InChI=1S/C18H30N4O2S/c1-3-4-15-13-19-14(2)20-18(15)21-16-5-9-22(10-6-16)17-7-11-25(23,24)12-8-17/h13,16-17H,3-12H2,1-2H3,(H,19,20,21). The van der Waals surface area contributed by atoms with E-state index in [4.69, 9.17) is 0 Å². The van der Waals surface area contributed by atoms with Crippen LogP contribution in [0.4, 0.5) is 5.82 Å². The first-order valence-electron chi connectivity index (χ1n) is 9.50. The van der Waals surface area contributed by atoms with Gasteiger partial charge in [0.25, 0.3) is 0 Å². The molecule has 2 fully saturated rings. The summed E-state index contributed by atoms with van der Waals surface area (Å²) in [6, 6.07) is 0.884. The molecule has 0 amide bonds. The van der Waals surface area contributed by atoms with Gasteiger partial charge in [0.15, 0.2) is 0 Å². The van der Waals surface area contributed by atoms with Gasteiger partial charge in [0.1, 0.15) is 21.5 Å². The summed E-state index contributed by atoms with van der Waals surface area (Å²) >= 11 is 0. The molecule has 0 aromatic carbocycles. The van der Waals surface area contributed by atoms with Gasteiger partial charge < -0.3 is 10.2 Å². The molecule has 3 rings (SSSR count). The molecular weight excluding hydrogens is 336 g/mol. The first kappa shape index (κ1) is 18.6. The van der Waals surface area contributed by atoms with Gasteiger partial charge in [-0.25, -0.2) is 18.4 Å². The zero-order valence-corrected chi connectivity index (χ0v) is 16.2. The van der Waals surface area contributed by atoms with Crippen LogP contribution in [0.25, 0.3) is 0 Å². The number of hydrogen-bond donors (Lipinski definition) is 1. The lowest BCUT2D eigenvalue weighted by atomic mass is 10.0.